The molecule has 2 fully saturated rings. The van der Waals surface area contributed by atoms with Gasteiger partial charge in [-0.3, -0.25) is 0 Å². The Hall–Kier alpha value is -1.09. The predicted octanol–water partition coefficient (Wildman–Crippen LogP) is 2.33. The van der Waals surface area contributed by atoms with Gasteiger partial charge in [0.1, 0.15) is 0 Å². The summed E-state index contributed by atoms with van der Waals surface area (Å²) in [4.78, 5) is 11.9. The first-order chi connectivity index (χ1) is 8.33. The zero-order valence-electron chi connectivity index (χ0n) is 9.72. The highest BCUT2D eigenvalue weighted by molar-refractivity contribution is 5.93. The van der Waals surface area contributed by atoms with Crippen LogP contribution in [0.2, 0.25) is 0 Å². The maximum atomic E-state index is 11.9. The van der Waals surface area contributed by atoms with Crippen LogP contribution in [-0.2, 0) is 14.3 Å². The molecule has 4 rings (SSSR count). The smallest absolute Gasteiger partial charge is 0.336 e. The molecule has 17 heavy (non-hydrogen) atoms. The number of hydrogen-bond donors (Lipinski definition) is 0. The molecule has 0 amide bonds. The van der Waals surface area contributed by atoms with E-state index in [-0.39, 0.29) is 24.3 Å². The third-order valence-electron chi connectivity index (χ3n) is 4.56. The fraction of sp³-hybridized carbons (Fsp3) is 0.643. The molecule has 0 spiro atoms. The van der Waals surface area contributed by atoms with E-state index in [2.05, 4.69) is 12.2 Å². The zero-order chi connectivity index (χ0) is 11.4. The third kappa shape index (κ3) is 1.35. The number of ether oxygens (including phenoxy) is 2. The van der Waals surface area contributed by atoms with Crippen molar-refractivity contribution in [1.82, 2.24) is 0 Å². The molecule has 4 atom stereocenters. The van der Waals surface area contributed by atoms with Gasteiger partial charge in [-0.25, -0.2) is 4.79 Å². The molecule has 0 aromatic heterocycles. The lowest BCUT2D eigenvalue weighted by Crippen LogP contribution is -2.28. The van der Waals surface area contributed by atoms with E-state index in [9.17, 15) is 4.79 Å². The molecule has 4 aliphatic rings. The highest BCUT2D eigenvalue weighted by Gasteiger charge is 2.53. The van der Waals surface area contributed by atoms with Gasteiger partial charge in [0, 0.05) is 5.57 Å². The first kappa shape index (κ1) is 9.89. The van der Waals surface area contributed by atoms with Crippen molar-refractivity contribution in [2.24, 2.45) is 11.8 Å². The standard InChI is InChI=1S/C14H16O3/c15-13-11-8-5-6-9(7-8)12(11)14(17-13)16-10-3-1-2-4-10/h1,3,9-10,12,14H,2,4-7H2. The number of esters is 1. The van der Waals surface area contributed by atoms with Gasteiger partial charge in [-0.05, 0) is 38.0 Å². The largest absolute Gasteiger partial charge is 0.432 e. The average Bonchev–Trinajstić information content (AvgIpc) is 3.04. The molecular formula is C14H16O3. The van der Waals surface area contributed by atoms with Crippen LogP contribution < -0.4 is 0 Å². The molecule has 3 heteroatoms. The molecule has 0 aromatic rings. The third-order valence-corrected chi connectivity index (χ3v) is 4.56. The van der Waals surface area contributed by atoms with Gasteiger partial charge in [0.25, 0.3) is 0 Å². The van der Waals surface area contributed by atoms with E-state index >= 15 is 0 Å². The van der Waals surface area contributed by atoms with E-state index in [4.69, 9.17) is 9.47 Å². The van der Waals surface area contributed by atoms with Gasteiger partial charge in [0.15, 0.2) is 0 Å². The predicted molar refractivity (Wildman–Crippen MR) is 61.0 cm³/mol. The Bertz CT molecular complexity index is 435. The number of allylic oxidation sites excluding steroid dienone is 2. The van der Waals surface area contributed by atoms with Gasteiger partial charge >= 0.3 is 5.97 Å². The van der Waals surface area contributed by atoms with Crippen LogP contribution in [0.25, 0.3) is 0 Å². The molecule has 1 aliphatic heterocycles. The van der Waals surface area contributed by atoms with Gasteiger partial charge in [-0.1, -0.05) is 17.7 Å². The maximum absolute atomic E-state index is 11.9. The van der Waals surface area contributed by atoms with E-state index in [1.807, 2.05) is 0 Å². The minimum atomic E-state index is -0.312. The molecular weight excluding hydrogens is 216 g/mol. The summed E-state index contributed by atoms with van der Waals surface area (Å²) in [6.07, 6.45) is 9.58. The molecule has 0 aromatic carbocycles. The number of rotatable bonds is 2. The van der Waals surface area contributed by atoms with Crippen LogP contribution in [0.3, 0.4) is 0 Å². The molecule has 90 valence electrons. The topological polar surface area (TPSA) is 35.5 Å². The van der Waals surface area contributed by atoms with Crippen LogP contribution in [0, 0.1) is 11.8 Å². The van der Waals surface area contributed by atoms with Crippen molar-refractivity contribution in [2.45, 2.75) is 44.5 Å². The van der Waals surface area contributed by atoms with Crippen LogP contribution in [-0.4, -0.2) is 18.4 Å². The summed E-state index contributed by atoms with van der Waals surface area (Å²) in [7, 11) is 0. The monoisotopic (exact) mass is 232 g/mol. The minimum absolute atomic E-state index is 0.112. The summed E-state index contributed by atoms with van der Waals surface area (Å²) in [5.74, 6) is 0.723. The quantitative estimate of drug-likeness (QED) is 0.541. The van der Waals surface area contributed by atoms with E-state index in [0.717, 1.165) is 31.3 Å². The second-order valence-corrected chi connectivity index (χ2v) is 5.50. The average molecular weight is 232 g/mol. The summed E-state index contributed by atoms with van der Waals surface area (Å²) in [5, 5.41) is 0. The van der Waals surface area contributed by atoms with Crippen LogP contribution in [0.15, 0.2) is 23.3 Å². The first-order valence-electron chi connectivity index (χ1n) is 6.58. The summed E-state index contributed by atoms with van der Waals surface area (Å²) in [6, 6.07) is 0. The van der Waals surface area contributed by atoms with Crippen LogP contribution >= 0.6 is 0 Å². The molecule has 0 radical (unpaired) electrons. The summed E-state index contributed by atoms with van der Waals surface area (Å²) in [5.41, 5.74) is 2.31. The number of cyclic esters (lactones) is 1. The molecule has 0 N–H and O–H groups in total. The summed E-state index contributed by atoms with van der Waals surface area (Å²) < 4.78 is 11.4. The van der Waals surface area contributed by atoms with Crippen molar-refractivity contribution in [1.29, 1.82) is 0 Å². The van der Waals surface area contributed by atoms with Crippen molar-refractivity contribution < 1.29 is 14.3 Å². The summed E-state index contributed by atoms with van der Waals surface area (Å²) >= 11 is 0. The molecule has 3 nitrogen and oxygen atoms in total. The van der Waals surface area contributed by atoms with E-state index in [0.29, 0.717) is 5.92 Å². The SMILES string of the molecule is O=C1OC(OC2C=CCC2)C2C1=C1CCC2C1. The molecule has 1 heterocycles. The second-order valence-electron chi connectivity index (χ2n) is 5.50. The van der Waals surface area contributed by atoms with Crippen LogP contribution in [0.1, 0.15) is 32.1 Å². The van der Waals surface area contributed by atoms with Crippen molar-refractivity contribution in [3.63, 3.8) is 0 Å². The van der Waals surface area contributed by atoms with E-state index < -0.39 is 0 Å². The van der Waals surface area contributed by atoms with Crippen molar-refractivity contribution in [3.8, 4) is 0 Å². The van der Waals surface area contributed by atoms with E-state index in [1.165, 1.54) is 12.0 Å². The Morgan fingerprint density at radius 3 is 3.12 bits per heavy atom. The highest BCUT2D eigenvalue weighted by atomic mass is 16.7. The number of carbonyl (C=O) groups excluding carboxylic acids is 1. The second kappa shape index (κ2) is 3.45. The maximum Gasteiger partial charge on any atom is 0.336 e. The lowest BCUT2D eigenvalue weighted by Gasteiger charge is -2.24. The Kier molecular flexibility index (Phi) is 2.01. The highest BCUT2D eigenvalue weighted by Crippen LogP contribution is 2.53. The van der Waals surface area contributed by atoms with Crippen molar-refractivity contribution in [3.05, 3.63) is 23.3 Å². The Morgan fingerprint density at radius 2 is 2.29 bits per heavy atom. The minimum Gasteiger partial charge on any atom is -0.432 e. The Morgan fingerprint density at radius 1 is 1.35 bits per heavy atom. The van der Waals surface area contributed by atoms with Gasteiger partial charge in [0.05, 0.1) is 12.0 Å². The number of carbonyl (C=O) groups is 1. The van der Waals surface area contributed by atoms with Crippen LogP contribution in [0.5, 0.6) is 0 Å². The Balaban J connectivity index is 1.58. The molecule has 2 bridgehead atoms. The van der Waals surface area contributed by atoms with Gasteiger partial charge < -0.3 is 9.47 Å². The normalized spacial score (nSPS) is 42.5. The molecule has 1 saturated heterocycles. The first-order valence-corrected chi connectivity index (χ1v) is 6.58. The lowest BCUT2D eigenvalue weighted by molar-refractivity contribution is -0.177. The fourth-order valence-corrected chi connectivity index (χ4v) is 3.79. The van der Waals surface area contributed by atoms with Gasteiger partial charge in [-0.15, -0.1) is 0 Å². The molecule has 4 unspecified atom stereocenters. The van der Waals surface area contributed by atoms with Gasteiger partial charge in [0.2, 0.25) is 6.29 Å². The van der Waals surface area contributed by atoms with Crippen molar-refractivity contribution >= 4 is 5.97 Å². The fourth-order valence-electron chi connectivity index (χ4n) is 3.79. The molecule has 3 aliphatic carbocycles. The van der Waals surface area contributed by atoms with Gasteiger partial charge in [-0.2, -0.15) is 0 Å². The van der Waals surface area contributed by atoms with E-state index in [1.54, 1.807) is 0 Å². The van der Waals surface area contributed by atoms with Crippen molar-refractivity contribution in [2.75, 3.05) is 0 Å². The lowest BCUT2D eigenvalue weighted by atomic mass is 9.87. The Labute approximate surface area is 100 Å². The zero-order valence-corrected chi connectivity index (χ0v) is 9.72. The number of fused-ring (bicyclic) bond motifs is 4. The summed E-state index contributed by atoms with van der Waals surface area (Å²) in [6.45, 7) is 0. The van der Waals surface area contributed by atoms with Crippen LogP contribution in [0.4, 0.5) is 0 Å². The molecule has 1 saturated carbocycles. The number of hydrogen-bond acceptors (Lipinski definition) is 3.